The van der Waals surface area contributed by atoms with Gasteiger partial charge >= 0.3 is 0 Å². The lowest BCUT2D eigenvalue weighted by molar-refractivity contribution is 0.0935. The summed E-state index contributed by atoms with van der Waals surface area (Å²) in [6.45, 7) is 2.60. The van der Waals surface area contributed by atoms with E-state index in [0.29, 0.717) is 5.56 Å². The van der Waals surface area contributed by atoms with E-state index in [4.69, 9.17) is 5.11 Å². The van der Waals surface area contributed by atoms with Crippen molar-refractivity contribution < 1.29 is 9.90 Å². The minimum atomic E-state index is -0.167. The molecule has 1 unspecified atom stereocenters. The first-order valence-electron chi connectivity index (χ1n) is 5.66. The molecule has 0 fully saturated rings. The number of aliphatic hydroxyl groups excluding tert-OH is 1. The number of thiophene rings is 1. The summed E-state index contributed by atoms with van der Waals surface area (Å²) in [7, 11) is 3.94. The lowest BCUT2D eigenvalue weighted by atomic mass is 10.2. The predicted octanol–water partition coefficient (Wildman–Crippen LogP) is 0.772. The Bertz CT molecular complexity index is 457. The van der Waals surface area contributed by atoms with Crippen LogP contribution in [0.15, 0.2) is 11.4 Å². The molecular formula is C13H18N2O2S. The monoisotopic (exact) mass is 266 g/mol. The Morgan fingerprint density at radius 2 is 2.33 bits per heavy atom. The third-order valence-corrected chi connectivity index (χ3v) is 3.01. The van der Waals surface area contributed by atoms with Crippen molar-refractivity contribution in [2.75, 3.05) is 27.2 Å². The number of nitrogens with zero attached hydrogens (tertiary/aromatic N) is 1. The summed E-state index contributed by atoms with van der Waals surface area (Å²) in [6, 6.07) is 1.84. The Balaban J connectivity index is 2.59. The smallest absolute Gasteiger partial charge is 0.252 e. The summed E-state index contributed by atoms with van der Waals surface area (Å²) in [5, 5.41) is 13.3. The zero-order valence-electron chi connectivity index (χ0n) is 10.9. The van der Waals surface area contributed by atoms with E-state index >= 15 is 0 Å². The van der Waals surface area contributed by atoms with E-state index < -0.39 is 0 Å². The van der Waals surface area contributed by atoms with Crippen LogP contribution in [-0.4, -0.2) is 49.2 Å². The second kappa shape index (κ2) is 7.17. The number of amides is 1. The molecule has 2 N–H and O–H groups in total. The molecule has 0 bridgehead atoms. The minimum absolute atomic E-state index is 0.0855. The number of carbonyl (C=O) groups excluding carboxylic acids is 1. The lowest BCUT2D eigenvalue weighted by Gasteiger charge is -2.17. The van der Waals surface area contributed by atoms with Gasteiger partial charge in [-0.1, -0.05) is 11.8 Å². The molecule has 0 aromatic carbocycles. The van der Waals surface area contributed by atoms with Crippen LogP contribution < -0.4 is 5.32 Å². The standard InChI is InChI=1S/C13H18N2O2S/c1-10(8-15(2)3)14-13(17)11-7-12(18-9-11)5-4-6-16/h7,9-10,16H,6,8H2,1-3H3,(H,14,17). The fourth-order valence-electron chi connectivity index (χ4n) is 1.55. The number of hydrogen-bond acceptors (Lipinski definition) is 4. The highest BCUT2D eigenvalue weighted by atomic mass is 32.1. The minimum Gasteiger partial charge on any atom is -0.384 e. The number of likely N-dealkylation sites (N-methyl/N-ethyl adjacent to an activating group) is 1. The van der Waals surface area contributed by atoms with E-state index in [1.807, 2.05) is 25.9 Å². The van der Waals surface area contributed by atoms with E-state index in [1.54, 1.807) is 11.4 Å². The molecule has 0 aliphatic rings. The van der Waals surface area contributed by atoms with Crippen LogP contribution in [0.2, 0.25) is 0 Å². The summed E-state index contributed by atoms with van der Waals surface area (Å²) in [6.07, 6.45) is 0. The number of hydrogen-bond donors (Lipinski definition) is 2. The summed E-state index contributed by atoms with van der Waals surface area (Å²) < 4.78 is 0. The van der Waals surface area contributed by atoms with Gasteiger partial charge in [0.05, 0.1) is 10.4 Å². The molecule has 0 aliphatic heterocycles. The van der Waals surface area contributed by atoms with E-state index in [9.17, 15) is 4.79 Å². The summed E-state index contributed by atoms with van der Waals surface area (Å²) in [4.78, 5) is 14.7. The molecule has 0 radical (unpaired) electrons. The zero-order chi connectivity index (χ0) is 13.5. The molecule has 1 amide bonds. The Kier molecular flexibility index (Phi) is 5.86. The molecule has 0 saturated carbocycles. The van der Waals surface area contributed by atoms with Crippen molar-refractivity contribution in [2.24, 2.45) is 0 Å². The quantitative estimate of drug-likeness (QED) is 0.792. The van der Waals surface area contributed by atoms with Crippen molar-refractivity contribution in [3.8, 4) is 11.8 Å². The van der Waals surface area contributed by atoms with Crippen LogP contribution in [-0.2, 0) is 0 Å². The Labute approximate surface area is 112 Å². The summed E-state index contributed by atoms with van der Waals surface area (Å²) in [5.74, 6) is 5.26. The van der Waals surface area contributed by atoms with E-state index in [0.717, 1.165) is 11.4 Å². The normalized spacial score (nSPS) is 11.8. The van der Waals surface area contributed by atoms with Crippen LogP contribution in [0.25, 0.3) is 0 Å². The summed E-state index contributed by atoms with van der Waals surface area (Å²) >= 11 is 1.40. The SMILES string of the molecule is CC(CN(C)C)NC(=O)c1csc(C#CCO)c1. The molecule has 0 saturated heterocycles. The van der Waals surface area contributed by atoms with Crippen molar-refractivity contribution in [1.29, 1.82) is 0 Å². The second-order valence-corrected chi connectivity index (χ2v) is 5.21. The van der Waals surface area contributed by atoms with Gasteiger partial charge in [-0.3, -0.25) is 4.79 Å². The number of nitrogens with one attached hydrogen (secondary N) is 1. The largest absolute Gasteiger partial charge is 0.384 e. The van der Waals surface area contributed by atoms with Gasteiger partial charge in [0.1, 0.15) is 6.61 Å². The van der Waals surface area contributed by atoms with Crippen molar-refractivity contribution in [1.82, 2.24) is 10.2 Å². The first-order valence-corrected chi connectivity index (χ1v) is 6.54. The second-order valence-electron chi connectivity index (χ2n) is 4.30. The molecule has 0 aliphatic carbocycles. The van der Waals surface area contributed by atoms with Crippen LogP contribution >= 0.6 is 11.3 Å². The summed E-state index contributed by atoms with van der Waals surface area (Å²) in [5.41, 5.74) is 0.618. The molecule has 1 rings (SSSR count). The van der Waals surface area contributed by atoms with Crippen LogP contribution in [0.5, 0.6) is 0 Å². The maximum atomic E-state index is 11.9. The van der Waals surface area contributed by atoms with Gasteiger partial charge in [0.2, 0.25) is 0 Å². The Hall–Kier alpha value is -1.35. The van der Waals surface area contributed by atoms with Crippen molar-refractivity contribution >= 4 is 17.2 Å². The molecule has 0 spiro atoms. The van der Waals surface area contributed by atoms with Crippen LogP contribution in [0.1, 0.15) is 22.2 Å². The topological polar surface area (TPSA) is 52.6 Å². The highest BCUT2D eigenvalue weighted by Crippen LogP contribution is 2.13. The average molecular weight is 266 g/mol. The van der Waals surface area contributed by atoms with Gasteiger partial charge in [0, 0.05) is 18.0 Å². The zero-order valence-corrected chi connectivity index (χ0v) is 11.7. The van der Waals surface area contributed by atoms with Gasteiger partial charge in [-0.2, -0.15) is 0 Å². The van der Waals surface area contributed by atoms with Gasteiger partial charge in [0.15, 0.2) is 0 Å². The van der Waals surface area contributed by atoms with Gasteiger partial charge in [-0.25, -0.2) is 0 Å². The molecule has 5 heteroatoms. The maximum Gasteiger partial charge on any atom is 0.252 e. The predicted molar refractivity (Wildman–Crippen MR) is 73.8 cm³/mol. The van der Waals surface area contributed by atoms with Gasteiger partial charge in [0.25, 0.3) is 5.91 Å². The molecule has 18 heavy (non-hydrogen) atoms. The van der Waals surface area contributed by atoms with Crippen LogP contribution in [0.4, 0.5) is 0 Å². The molecule has 1 heterocycles. The van der Waals surface area contributed by atoms with Crippen LogP contribution in [0.3, 0.4) is 0 Å². The van der Waals surface area contributed by atoms with Gasteiger partial charge in [-0.15, -0.1) is 11.3 Å². The molecule has 1 aromatic heterocycles. The maximum absolute atomic E-state index is 11.9. The molecule has 98 valence electrons. The highest BCUT2D eigenvalue weighted by molar-refractivity contribution is 7.10. The highest BCUT2D eigenvalue weighted by Gasteiger charge is 2.11. The Morgan fingerprint density at radius 1 is 1.61 bits per heavy atom. The first-order chi connectivity index (χ1) is 8.52. The van der Waals surface area contributed by atoms with Gasteiger partial charge < -0.3 is 15.3 Å². The number of aliphatic hydroxyl groups is 1. The number of carbonyl (C=O) groups is 1. The lowest BCUT2D eigenvalue weighted by Crippen LogP contribution is -2.39. The third kappa shape index (κ3) is 4.88. The number of rotatable bonds is 4. The molecule has 1 atom stereocenters. The van der Waals surface area contributed by atoms with Gasteiger partial charge in [-0.05, 0) is 27.1 Å². The first kappa shape index (κ1) is 14.7. The van der Waals surface area contributed by atoms with E-state index in [-0.39, 0.29) is 18.6 Å². The fraction of sp³-hybridized carbons (Fsp3) is 0.462. The molecule has 1 aromatic rings. The average Bonchev–Trinajstić information content (AvgIpc) is 2.73. The molecular weight excluding hydrogens is 248 g/mol. The van der Waals surface area contributed by atoms with Crippen molar-refractivity contribution in [3.05, 3.63) is 21.9 Å². The van der Waals surface area contributed by atoms with Crippen molar-refractivity contribution in [2.45, 2.75) is 13.0 Å². The van der Waals surface area contributed by atoms with E-state index in [2.05, 4.69) is 17.2 Å². The fourth-order valence-corrected chi connectivity index (χ4v) is 2.30. The van der Waals surface area contributed by atoms with Crippen LogP contribution in [0, 0.1) is 11.8 Å². The Morgan fingerprint density at radius 3 is 2.94 bits per heavy atom. The third-order valence-electron chi connectivity index (χ3n) is 2.17. The van der Waals surface area contributed by atoms with Crippen molar-refractivity contribution in [3.63, 3.8) is 0 Å². The van der Waals surface area contributed by atoms with E-state index in [1.165, 1.54) is 11.3 Å². The molecule has 4 nitrogen and oxygen atoms in total.